The molecule has 6 heteroatoms. The Balaban J connectivity index is 1.15. The SMILES string of the molecule is O=C(CNC(=O)C12CC3CC(CC(C3)C1)C2)NN=Cc1c[nH]c2ccccc12. The van der Waals surface area contributed by atoms with E-state index in [9.17, 15) is 9.59 Å². The van der Waals surface area contributed by atoms with E-state index >= 15 is 0 Å². The summed E-state index contributed by atoms with van der Waals surface area (Å²) in [4.78, 5) is 28.2. The molecule has 0 saturated heterocycles. The van der Waals surface area contributed by atoms with E-state index in [-0.39, 0.29) is 23.8 Å². The number of fused-ring (bicyclic) bond motifs is 1. The topological polar surface area (TPSA) is 86.3 Å². The van der Waals surface area contributed by atoms with E-state index in [0.717, 1.165) is 35.7 Å². The Labute approximate surface area is 164 Å². The third-order valence-electron chi connectivity index (χ3n) is 6.94. The Morgan fingerprint density at radius 1 is 1.11 bits per heavy atom. The van der Waals surface area contributed by atoms with Gasteiger partial charge in [0.25, 0.3) is 5.91 Å². The van der Waals surface area contributed by atoms with Crippen LogP contribution in [-0.4, -0.2) is 29.6 Å². The lowest BCUT2D eigenvalue weighted by molar-refractivity contribution is -0.147. The highest BCUT2D eigenvalue weighted by molar-refractivity contribution is 5.99. The number of amides is 2. The molecule has 4 aliphatic carbocycles. The van der Waals surface area contributed by atoms with Gasteiger partial charge in [-0.15, -0.1) is 0 Å². The zero-order valence-electron chi connectivity index (χ0n) is 15.9. The molecule has 1 heterocycles. The smallest absolute Gasteiger partial charge is 0.259 e. The summed E-state index contributed by atoms with van der Waals surface area (Å²) < 4.78 is 0. The van der Waals surface area contributed by atoms with Gasteiger partial charge in [-0.3, -0.25) is 9.59 Å². The average Bonchev–Trinajstić information content (AvgIpc) is 3.08. The van der Waals surface area contributed by atoms with Crippen molar-refractivity contribution in [3.8, 4) is 0 Å². The predicted octanol–water partition coefficient (Wildman–Crippen LogP) is 2.95. The lowest BCUT2D eigenvalue weighted by atomic mass is 9.49. The van der Waals surface area contributed by atoms with Crippen molar-refractivity contribution < 1.29 is 9.59 Å². The van der Waals surface area contributed by atoms with Crippen LogP contribution in [0.1, 0.15) is 44.1 Å². The van der Waals surface area contributed by atoms with Crippen molar-refractivity contribution in [3.05, 3.63) is 36.0 Å². The molecule has 2 amide bonds. The van der Waals surface area contributed by atoms with Gasteiger partial charge in [-0.1, -0.05) is 18.2 Å². The summed E-state index contributed by atoms with van der Waals surface area (Å²) in [7, 11) is 0. The molecule has 4 aliphatic rings. The second-order valence-corrected chi connectivity index (χ2v) is 8.96. The number of rotatable bonds is 5. The highest BCUT2D eigenvalue weighted by Gasteiger charge is 2.54. The van der Waals surface area contributed by atoms with Crippen molar-refractivity contribution in [3.63, 3.8) is 0 Å². The molecule has 6 rings (SSSR count). The second kappa shape index (κ2) is 6.76. The summed E-state index contributed by atoms with van der Waals surface area (Å²) in [6.07, 6.45) is 10.4. The third-order valence-corrected chi connectivity index (χ3v) is 6.94. The normalized spacial score (nSPS) is 30.8. The van der Waals surface area contributed by atoms with Gasteiger partial charge in [-0.25, -0.2) is 5.43 Å². The first-order valence-electron chi connectivity index (χ1n) is 10.3. The number of benzene rings is 1. The average molecular weight is 378 g/mol. The number of hydrazone groups is 1. The van der Waals surface area contributed by atoms with Gasteiger partial charge in [0.2, 0.25) is 5.91 Å². The van der Waals surface area contributed by atoms with Crippen LogP contribution >= 0.6 is 0 Å². The summed E-state index contributed by atoms with van der Waals surface area (Å²) in [6.45, 7) is -0.0220. The van der Waals surface area contributed by atoms with Crippen molar-refractivity contribution in [1.29, 1.82) is 0 Å². The van der Waals surface area contributed by atoms with Crippen LogP contribution in [0.4, 0.5) is 0 Å². The van der Waals surface area contributed by atoms with E-state index in [4.69, 9.17) is 0 Å². The number of nitrogens with one attached hydrogen (secondary N) is 3. The maximum Gasteiger partial charge on any atom is 0.259 e. The number of carbonyl (C=O) groups is 2. The maximum atomic E-state index is 12.9. The summed E-state index contributed by atoms with van der Waals surface area (Å²) in [5.41, 5.74) is 4.23. The van der Waals surface area contributed by atoms with Gasteiger partial charge in [0.1, 0.15) is 0 Å². The number of carbonyl (C=O) groups excluding carboxylic acids is 2. The molecule has 2 aromatic rings. The minimum Gasteiger partial charge on any atom is -0.361 e. The van der Waals surface area contributed by atoms with Crippen molar-refractivity contribution in [1.82, 2.24) is 15.7 Å². The van der Waals surface area contributed by atoms with Crippen LogP contribution in [0.15, 0.2) is 35.6 Å². The van der Waals surface area contributed by atoms with E-state index in [1.54, 1.807) is 6.21 Å². The summed E-state index contributed by atoms with van der Waals surface area (Å²) >= 11 is 0. The molecule has 0 unspecified atom stereocenters. The van der Waals surface area contributed by atoms with E-state index in [2.05, 4.69) is 20.8 Å². The molecule has 1 aromatic carbocycles. The number of para-hydroxylation sites is 1. The van der Waals surface area contributed by atoms with Crippen LogP contribution in [0.25, 0.3) is 10.9 Å². The summed E-state index contributed by atoms with van der Waals surface area (Å²) in [5, 5.41) is 7.97. The van der Waals surface area contributed by atoms with Crippen LogP contribution in [-0.2, 0) is 9.59 Å². The zero-order chi connectivity index (χ0) is 19.1. The second-order valence-electron chi connectivity index (χ2n) is 8.96. The van der Waals surface area contributed by atoms with Gasteiger partial charge in [0, 0.05) is 28.1 Å². The zero-order valence-corrected chi connectivity index (χ0v) is 15.9. The Hall–Kier alpha value is -2.63. The fraction of sp³-hybridized carbons (Fsp3) is 0.500. The number of aromatic nitrogens is 1. The highest BCUT2D eigenvalue weighted by atomic mass is 16.2. The fourth-order valence-electron chi connectivity index (χ4n) is 6.15. The van der Waals surface area contributed by atoms with E-state index in [1.165, 1.54) is 19.3 Å². The van der Waals surface area contributed by atoms with Crippen LogP contribution < -0.4 is 10.7 Å². The molecule has 146 valence electrons. The van der Waals surface area contributed by atoms with Gasteiger partial charge in [0.05, 0.1) is 12.8 Å². The molecule has 4 fully saturated rings. The quantitative estimate of drug-likeness (QED) is 0.552. The van der Waals surface area contributed by atoms with Crippen molar-refractivity contribution in [2.75, 3.05) is 6.54 Å². The van der Waals surface area contributed by atoms with Crippen molar-refractivity contribution in [2.24, 2.45) is 28.3 Å². The Morgan fingerprint density at radius 3 is 2.50 bits per heavy atom. The van der Waals surface area contributed by atoms with Crippen molar-refractivity contribution >= 4 is 28.9 Å². The monoisotopic (exact) mass is 378 g/mol. The number of hydrogen-bond donors (Lipinski definition) is 3. The van der Waals surface area contributed by atoms with E-state index < -0.39 is 0 Å². The van der Waals surface area contributed by atoms with E-state index in [1.807, 2.05) is 30.5 Å². The van der Waals surface area contributed by atoms with Gasteiger partial charge in [-0.2, -0.15) is 5.10 Å². The standard InChI is InChI=1S/C22H26N4O2/c27-20(26-25-12-17-11-23-19-4-2-1-3-18(17)19)13-24-21(28)22-8-14-5-15(9-22)7-16(6-14)10-22/h1-4,11-12,14-16,23H,5-10,13H2,(H,24,28)(H,26,27). The Kier molecular flexibility index (Phi) is 4.22. The number of hydrogen-bond acceptors (Lipinski definition) is 3. The lowest BCUT2D eigenvalue weighted by Crippen LogP contribution is -2.54. The molecule has 4 saturated carbocycles. The number of H-pyrrole nitrogens is 1. The maximum absolute atomic E-state index is 12.9. The Morgan fingerprint density at radius 2 is 1.79 bits per heavy atom. The number of aromatic amines is 1. The van der Waals surface area contributed by atoms with Gasteiger partial charge < -0.3 is 10.3 Å². The third kappa shape index (κ3) is 3.11. The Bertz CT molecular complexity index is 910. The van der Waals surface area contributed by atoms with Gasteiger partial charge >= 0.3 is 0 Å². The molecular weight excluding hydrogens is 352 g/mol. The molecule has 28 heavy (non-hydrogen) atoms. The molecule has 0 radical (unpaired) electrons. The largest absolute Gasteiger partial charge is 0.361 e. The molecule has 0 spiro atoms. The van der Waals surface area contributed by atoms with Crippen LogP contribution in [0.5, 0.6) is 0 Å². The predicted molar refractivity (Wildman–Crippen MR) is 108 cm³/mol. The molecule has 0 atom stereocenters. The first kappa shape index (κ1) is 17.5. The van der Waals surface area contributed by atoms with E-state index in [0.29, 0.717) is 17.8 Å². The minimum atomic E-state index is -0.297. The van der Waals surface area contributed by atoms with Crippen LogP contribution in [0, 0.1) is 23.2 Å². The molecule has 1 aromatic heterocycles. The van der Waals surface area contributed by atoms with Crippen LogP contribution in [0.2, 0.25) is 0 Å². The molecule has 6 nitrogen and oxygen atoms in total. The van der Waals surface area contributed by atoms with Gasteiger partial charge in [0.15, 0.2) is 0 Å². The molecule has 3 N–H and O–H groups in total. The van der Waals surface area contributed by atoms with Gasteiger partial charge in [-0.05, 0) is 62.3 Å². The summed E-state index contributed by atoms with van der Waals surface area (Å²) in [5.74, 6) is 1.92. The fourth-order valence-corrected chi connectivity index (χ4v) is 6.15. The first-order valence-corrected chi connectivity index (χ1v) is 10.3. The summed E-state index contributed by atoms with van der Waals surface area (Å²) in [6, 6.07) is 7.92. The first-order chi connectivity index (χ1) is 13.6. The van der Waals surface area contributed by atoms with Crippen molar-refractivity contribution in [2.45, 2.75) is 38.5 Å². The number of nitrogens with zero attached hydrogens (tertiary/aromatic N) is 1. The molecular formula is C22H26N4O2. The minimum absolute atomic E-state index is 0.0220. The lowest BCUT2D eigenvalue weighted by Gasteiger charge is -2.55. The molecule has 4 bridgehead atoms. The van der Waals surface area contributed by atoms with Crippen LogP contribution in [0.3, 0.4) is 0 Å². The molecule has 0 aliphatic heterocycles. The highest BCUT2D eigenvalue weighted by Crippen LogP contribution is 2.60.